The molecule has 0 spiro atoms. The molecule has 218 valence electrons. The van der Waals surface area contributed by atoms with Gasteiger partial charge in [0.15, 0.2) is 0 Å². The SMILES string of the molecule is Cc1ccc(-n2nc(C(C)(C)C)cc2NC(=O)Nc2cccc(CC3CCN(C(=O)Cc4ccncc4)CC3)c2)cc1. The molecule has 42 heavy (non-hydrogen) atoms. The number of rotatable bonds is 7. The van der Waals surface area contributed by atoms with Gasteiger partial charge in [0.05, 0.1) is 17.8 Å². The van der Waals surface area contributed by atoms with Crippen molar-refractivity contribution in [3.05, 3.63) is 102 Å². The van der Waals surface area contributed by atoms with E-state index in [1.807, 2.05) is 72.5 Å². The van der Waals surface area contributed by atoms with Crippen molar-refractivity contribution in [3.8, 4) is 5.69 Å². The van der Waals surface area contributed by atoms with E-state index in [1.165, 1.54) is 5.56 Å². The number of carbonyl (C=O) groups is 2. The normalized spacial score (nSPS) is 14.0. The Bertz CT molecular complexity index is 1510. The molecule has 2 aromatic carbocycles. The Balaban J connectivity index is 1.18. The molecule has 0 atom stereocenters. The smallest absolute Gasteiger partial charge is 0.324 e. The minimum atomic E-state index is -0.318. The molecule has 8 heteroatoms. The van der Waals surface area contributed by atoms with Crippen molar-refractivity contribution in [1.82, 2.24) is 19.7 Å². The molecule has 0 bridgehead atoms. The van der Waals surface area contributed by atoms with Gasteiger partial charge in [0.2, 0.25) is 5.91 Å². The van der Waals surface area contributed by atoms with Crippen LogP contribution in [0.4, 0.5) is 16.3 Å². The quantitative estimate of drug-likeness (QED) is 0.267. The molecule has 1 saturated heterocycles. The van der Waals surface area contributed by atoms with Crippen LogP contribution in [-0.4, -0.2) is 44.7 Å². The number of carbonyl (C=O) groups excluding carboxylic acids is 2. The molecule has 4 aromatic rings. The van der Waals surface area contributed by atoms with Gasteiger partial charge in [-0.25, -0.2) is 9.48 Å². The number of amides is 3. The van der Waals surface area contributed by atoms with E-state index in [2.05, 4.69) is 42.5 Å². The van der Waals surface area contributed by atoms with Crippen LogP contribution >= 0.6 is 0 Å². The van der Waals surface area contributed by atoms with Gasteiger partial charge in [0.1, 0.15) is 5.82 Å². The Morgan fingerprint density at radius 2 is 1.62 bits per heavy atom. The highest BCUT2D eigenvalue weighted by Crippen LogP contribution is 2.27. The summed E-state index contributed by atoms with van der Waals surface area (Å²) < 4.78 is 1.78. The summed E-state index contributed by atoms with van der Waals surface area (Å²) in [4.78, 5) is 31.8. The molecule has 0 radical (unpaired) electrons. The van der Waals surface area contributed by atoms with E-state index < -0.39 is 0 Å². The van der Waals surface area contributed by atoms with Crippen molar-refractivity contribution in [3.63, 3.8) is 0 Å². The summed E-state index contributed by atoms with van der Waals surface area (Å²) in [6, 6.07) is 21.5. The van der Waals surface area contributed by atoms with Crippen molar-refractivity contribution < 1.29 is 9.59 Å². The lowest BCUT2D eigenvalue weighted by atomic mass is 9.90. The number of piperidine rings is 1. The average Bonchev–Trinajstić information content (AvgIpc) is 3.39. The van der Waals surface area contributed by atoms with E-state index in [0.29, 0.717) is 18.2 Å². The van der Waals surface area contributed by atoms with Crippen molar-refractivity contribution >= 4 is 23.4 Å². The first-order valence-corrected chi connectivity index (χ1v) is 14.7. The highest BCUT2D eigenvalue weighted by atomic mass is 16.2. The first kappa shape index (κ1) is 29.0. The molecule has 1 aliphatic rings. The molecule has 1 aliphatic heterocycles. The zero-order valence-electron chi connectivity index (χ0n) is 24.9. The molecule has 0 unspecified atom stereocenters. The van der Waals surface area contributed by atoms with E-state index in [4.69, 9.17) is 5.10 Å². The standard InChI is InChI=1S/C34H40N6O2/c1-24-8-10-29(11-9-24)40-31(23-30(38-40)34(2,3)4)37-33(42)36-28-7-5-6-27(21-28)20-26-14-18-39(19-15-26)32(41)22-25-12-16-35-17-13-25/h5-13,16-17,21,23,26H,14-15,18-20,22H2,1-4H3,(H2,36,37,42). The molecule has 5 rings (SSSR count). The summed E-state index contributed by atoms with van der Waals surface area (Å²) in [7, 11) is 0. The van der Waals surface area contributed by atoms with Gasteiger partial charge in [0.25, 0.3) is 0 Å². The Kier molecular flexibility index (Phi) is 8.71. The molecule has 8 nitrogen and oxygen atoms in total. The monoisotopic (exact) mass is 564 g/mol. The average molecular weight is 565 g/mol. The Morgan fingerprint density at radius 3 is 2.31 bits per heavy atom. The molecule has 2 N–H and O–H groups in total. The maximum Gasteiger partial charge on any atom is 0.324 e. The predicted molar refractivity (Wildman–Crippen MR) is 167 cm³/mol. The highest BCUT2D eigenvalue weighted by molar-refractivity contribution is 5.99. The van der Waals surface area contributed by atoms with E-state index in [9.17, 15) is 9.59 Å². The van der Waals surface area contributed by atoms with Crippen LogP contribution < -0.4 is 10.6 Å². The van der Waals surface area contributed by atoms with Crippen LogP contribution in [0.5, 0.6) is 0 Å². The molecule has 3 amide bonds. The van der Waals surface area contributed by atoms with Crippen LogP contribution in [0.15, 0.2) is 79.1 Å². The third kappa shape index (κ3) is 7.43. The van der Waals surface area contributed by atoms with Gasteiger partial charge in [-0.3, -0.25) is 15.1 Å². The lowest BCUT2D eigenvalue weighted by Gasteiger charge is -2.32. The van der Waals surface area contributed by atoms with E-state index in [0.717, 1.165) is 60.5 Å². The van der Waals surface area contributed by atoms with Crippen LogP contribution in [0.1, 0.15) is 56.0 Å². The number of hydrogen-bond acceptors (Lipinski definition) is 4. The number of anilines is 2. The summed E-state index contributed by atoms with van der Waals surface area (Å²) in [5, 5.41) is 10.8. The Morgan fingerprint density at radius 1 is 0.905 bits per heavy atom. The number of nitrogens with one attached hydrogen (secondary N) is 2. The van der Waals surface area contributed by atoms with Crippen molar-refractivity contribution in [2.45, 2.75) is 58.8 Å². The maximum atomic E-state index is 13.1. The second-order valence-electron chi connectivity index (χ2n) is 12.3. The van der Waals surface area contributed by atoms with Crippen molar-refractivity contribution in [1.29, 1.82) is 0 Å². The number of nitrogens with zero attached hydrogens (tertiary/aromatic N) is 4. The molecule has 3 heterocycles. The van der Waals surface area contributed by atoms with Gasteiger partial charge < -0.3 is 10.2 Å². The number of benzene rings is 2. The number of urea groups is 1. The summed E-state index contributed by atoms with van der Waals surface area (Å²) in [5.41, 5.74) is 5.69. The van der Waals surface area contributed by atoms with Crippen LogP contribution in [0.25, 0.3) is 5.69 Å². The fraction of sp³-hybridized carbons (Fsp3) is 0.353. The number of aryl methyl sites for hydroxylation is 1. The van der Waals surface area contributed by atoms with Gasteiger partial charge >= 0.3 is 6.03 Å². The van der Waals surface area contributed by atoms with E-state index >= 15 is 0 Å². The highest BCUT2D eigenvalue weighted by Gasteiger charge is 2.24. The summed E-state index contributed by atoms with van der Waals surface area (Å²) in [6.07, 6.45) is 6.74. The summed E-state index contributed by atoms with van der Waals surface area (Å²) >= 11 is 0. The fourth-order valence-electron chi connectivity index (χ4n) is 5.28. The summed E-state index contributed by atoms with van der Waals surface area (Å²) in [6.45, 7) is 9.92. The Hall–Kier alpha value is -4.46. The van der Waals surface area contributed by atoms with Gasteiger partial charge in [0, 0.05) is 42.7 Å². The molecule has 2 aromatic heterocycles. The number of hydrogen-bond donors (Lipinski definition) is 2. The zero-order chi connectivity index (χ0) is 29.7. The van der Waals surface area contributed by atoms with Crippen LogP contribution in [0.3, 0.4) is 0 Å². The zero-order valence-corrected chi connectivity index (χ0v) is 24.9. The van der Waals surface area contributed by atoms with Crippen LogP contribution in [0.2, 0.25) is 0 Å². The van der Waals surface area contributed by atoms with E-state index in [-0.39, 0.29) is 17.4 Å². The largest absolute Gasteiger partial charge is 0.342 e. The minimum Gasteiger partial charge on any atom is -0.342 e. The molecule has 0 saturated carbocycles. The number of likely N-dealkylation sites (tertiary alicyclic amines) is 1. The topological polar surface area (TPSA) is 92.2 Å². The lowest BCUT2D eigenvalue weighted by Crippen LogP contribution is -2.39. The Labute approximate surface area is 248 Å². The van der Waals surface area contributed by atoms with Gasteiger partial charge in [-0.05, 0) is 79.6 Å². The molecule has 1 fully saturated rings. The fourth-order valence-corrected chi connectivity index (χ4v) is 5.28. The van der Waals surface area contributed by atoms with Gasteiger partial charge in [-0.2, -0.15) is 5.10 Å². The van der Waals surface area contributed by atoms with Crippen molar-refractivity contribution in [2.75, 3.05) is 23.7 Å². The first-order valence-electron chi connectivity index (χ1n) is 14.7. The molecule has 0 aliphatic carbocycles. The summed E-state index contributed by atoms with van der Waals surface area (Å²) in [5.74, 6) is 1.29. The third-order valence-electron chi connectivity index (χ3n) is 7.78. The number of pyridine rings is 1. The lowest BCUT2D eigenvalue weighted by molar-refractivity contribution is -0.131. The minimum absolute atomic E-state index is 0.166. The number of aromatic nitrogens is 3. The maximum absolute atomic E-state index is 13.1. The second kappa shape index (κ2) is 12.6. The molecular weight excluding hydrogens is 524 g/mol. The molecular formula is C34H40N6O2. The van der Waals surface area contributed by atoms with Gasteiger partial charge in [-0.1, -0.05) is 50.6 Å². The predicted octanol–water partition coefficient (Wildman–Crippen LogP) is 6.54. The van der Waals surface area contributed by atoms with E-state index in [1.54, 1.807) is 17.1 Å². The first-order chi connectivity index (χ1) is 20.1. The van der Waals surface area contributed by atoms with Gasteiger partial charge in [-0.15, -0.1) is 0 Å². The third-order valence-corrected chi connectivity index (χ3v) is 7.78. The van der Waals surface area contributed by atoms with Crippen molar-refractivity contribution in [2.24, 2.45) is 5.92 Å². The van der Waals surface area contributed by atoms with Crippen LogP contribution in [0, 0.1) is 12.8 Å². The van der Waals surface area contributed by atoms with Crippen LogP contribution in [-0.2, 0) is 23.1 Å². The second-order valence-corrected chi connectivity index (χ2v) is 12.3.